The van der Waals surface area contributed by atoms with Crippen molar-refractivity contribution in [3.63, 3.8) is 0 Å². The highest BCUT2D eigenvalue weighted by molar-refractivity contribution is 4.83. The smallest absolute Gasteiger partial charge is 0.249 e. The molecule has 0 unspecified atom stereocenters. The summed E-state index contributed by atoms with van der Waals surface area (Å²) in [6.45, 7) is 4.46. The van der Waals surface area contributed by atoms with Gasteiger partial charge in [0.2, 0.25) is 5.79 Å². The van der Waals surface area contributed by atoms with E-state index in [2.05, 4.69) is 13.8 Å². The molecule has 0 saturated heterocycles. The predicted octanol–water partition coefficient (Wildman–Crippen LogP) is 6.31. The first-order chi connectivity index (χ1) is 9.83. The molecule has 2 nitrogen and oxygen atoms in total. The topological polar surface area (TPSA) is 18.5 Å². The molecule has 118 valence electrons. The lowest BCUT2D eigenvalue weighted by Gasteiger charge is -2.27. The number of hydrogen-bond acceptors (Lipinski definition) is 2. The van der Waals surface area contributed by atoms with Gasteiger partial charge >= 0.3 is 0 Å². The van der Waals surface area contributed by atoms with Crippen LogP contribution in [0, 0.1) is 0 Å². The fraction of sp³-hybridized carbons (Fsp3) is 0.889. The van der Waals surface area contributed by atoms with E-state index < -0.39 is 0 Å². The highest BCUT2D eigenvalue weighted by Gasteiger charge is 2.33. The van der Waals surface area contributed by atoms with Crippen molar-refractivity contribution in [2.75, 3.05) is 0 Å². The number of unbranched alkanes of at least 4 members (excludes halogenated alkanes) is 9. The van der Waals surface area contributed by atoms with Gasteiger partial charge in [0.15, 0.2) is 0 Å². The van der Waals surface area contributed by atoms with Crippen LogP contribution in [0.5, 0.6) is 0 Å². The zero-order chi connectivity index (χ0) is 14.5. The minimum Gasteiger partial charge on any atom is -0.457 e. The van der Waals surface area contributed by atoms with Gasteiger partial charge in [0.05, 0.1) is 0 Å². The standard InChI is InChI=1S/C18H34O2/c1-3-5-6-7-8-9-10-11-12-13-15-18(14-4-2)19-16-17-20-18/h16-17H,3-15H2,1-2H3. The maximum atomic E-state index is 5.66. The molecule has 0 N–H and O–H groups in total. The summed E-state index contributed by atoms with van der Waals surface area (Å²) in [5.41, 5.74) is 0. The van der Waals surface area contributed by atoms with E-state index in [4.69, 9.17) is 9.47 Å². The van der Waals surface area contributed by atoms with Gasteiger partial charge in [-0.25, -0.2) is 0 Å². The summed E-state index contributed by atoms with van der Waals surface area (Å²) in [6.07, 6.45) is 20.3. The monoisotopic (exact) mass is 282 g/mol. The second-order valence-corrected chi connectivity index (χ2v) is 6.10. The second-order valence-electron chi connectivity index (χ2n) is 6.10. The van der Waals surface area contributed by atoms with Crippen molar-refractivity contribution in [2.45, 2.75) is 103 Å². The van der Waals surface area contributed by atoms with Crippen LogP contribution in [0.25, 0.3) is 0 Å². The van der Waals surface area contributed by atoms with Gasteiger partial charge in [0.1, 0.15) is 12.5 Å². The molecule has 1 rings (SSSR count). The molecular weight excluding hydrogens is 248 g/mol. The van der Waals surface area contributed by atoms with Crippen LogP contribution in [-0.4, -0.2) is 5.79 Å². The molecule has 0 aromatic carbocycles. The van der Waals surface area contributed by atoms with Crippen molar-refractivity contribution in [2.24, 2.45) is 0 Å². The molecule has 1 aliphatic heterocycles. The zero-order valence-electron chi connectivity index (χ0n) is 13.7. The van der Waals surface area contributed by atoms with Crippen LogP contribution < -0.4 is 0 Å². The molecule has 0 spiro atoms. The van der Waals surface area contributed by atoms with Crippen molar-refractivity contribution in [3.05, 3.63) is 12.5 Å². The lowest BCUT2D eigenvalue weighted by molar-refractivity contribution is -0.152. The quantitative estimate of drug-likeness (QED) is 0.368. The molecule has 0 radical (unpaired) electrons. The summed E-state index contributed by atoms with van der Waals surface area (Å²) in [7, 11) is 0. The first-order valence-electron chi connectivity index (χ1n) is 8.83. The van der Waals surface area contributed by atoms with Crippen LogP contribution in [-0.2, 0) is 9.47 Å². The third-order valence-electron chi connectivity index (χ3n) is 4.16. The Bertz CT molecular complexity index is 240. The van der Waals surface area contributed by atoms with Gasteiger partial charge in [0.25, 0.3) is 0 Å². The first-order valence-corrected chi connectivity index (χ1v) is 8.83. The molecular formula is C18H34O2. The fourth-order valence-corrected chi connectivity index (χ4v) is 2.95. The van der Waals surface area contributed by atoms with Crippen molar-refractivity contribution in [3.8, 4) is 0 Å². The van der Waals surface area contributed by atoms with Gasteiger partial charge in [-0.3, -0.25) is 0 Å². The molecule has 0 atom stereocenters. The van der Waals surface area contributed by atoms with Crippen LogP contribution in [0.2, 0.25) is 0 Å². The molecule has 0 saturated carbocycles. The number of rotatable bonds is 13. The van der Waals surface area contributed by atoms with Crippen LogP contribution >= 0.6 is 0 Å². The van der Waals surface area contributed by atoms with Gasteiger partial charge in [-0.15, -0.1) is 0 Å². The Morgan fingerprint density at radius 1 is 0.600 bits per heavy atom. The average molecular weight is 282 g/mol. The Labute approximate surface area is 125 Å². The lowest BCUT2D eigenvalue weighted by Crippen LogP contribution is -2.29. The summed E-state index contributed by atoms with van der Waals surface area (Å²) in [5, 5.41) is 0. The second kappa shape index (κ2) is 11.0. The summed E-state index contributed by atoms with van der Waals surface area (Å²) in [6, 6.07) is 0. The van der Waals surface area contributed by atoms with Crippen LogP contribution in [0.4, 0.5) is 0 Å². The molecule has 0 aromatic rings. The Kier molecular flexibility index (Phi) is 9.61. The van der Waals surface area contributed by atoms with Crippen LogP contribution in [0.15, 0.2) is 12.5 Å². The van der Waals surface area contributed by atoms with E-state index in [-0.39, 0.29) is 5.79 Å². The molecule has 0 aromatic heterocycles. The summed E-state index contributed by atoms with van der Waals surface area (Å²) >= 11 is 0. The molecule has 1 aliphatic rings. The third kappa shape index (κ3) is 7.21. The van der Waals surface area contributed by atoms with E-state index in [1.165, 1.54) is 64.2 Å². The molecule has 2 heteroatoms. The predicted molar refractivity (Wildman–Crippen MR) is 85.4 cm³/mol. The number of ether oxygens (including phenoxy) is 2. The largest absolute Gasteiger partial charge is 0.457 e. The first kappa shape index (κ1) is 17.4. The maximum Gasteiger partial charge on any atom is 0.249 e. The highest BCUT2D eigenvalue weighted by atomic mass is 16.7. The van der Waals surface area contributed by atoms with Gasteiger partial charge in [0, 0.05) is 12.8 Å². The SMILES string of the molecule is CCCCCCCCCCCCC1(CCC)OC=CO1. The maximum absolute atomic E-state index is 5.66. The van der Waals surface area contributed by atoms with E-state index in [1.54, 1.807) is 12.5 Å². The van der Waals surface area contributed by atoms with E-state index in [9.17, 15) is 0 Å². The normalized spacial score (nSPS) is 16.1. The molecule has 20 heavy (non-hydrogen) atoms. The fourth-order valence-electron chi connectivity index (χ4n) is 2.95. The van der Waals surface area contributed by atoms with Gasteiger partial charge in [-0.2, -0.15) is 0 Å². The molecule has 0 fully saturated rings. The Morgan fingerprint density at radius 2 is 1.10 bits per heavy atom. The van der Waals surface area contributed by atoms with Crippen molar-refractivity contribution < 1.29 is 9.47 Å². The van der Waals surface area contributed by atoms with E-state index >= 15 is 0 Å². The van der Waals surface area contributed by atoms with Gasteiger partial charge in [-0.1, -0.05) is 71.6 Å². The van der Waals surface area contributed by atoms with E-state index in [1.807, 2.05) is 0 Å². The molecule has 1 heterocycles. The van der Waals surface area contributed by atoms with Gasteiger partial charge < -0.3 is 9.47 Å². The Morgan fingerprint density at radius 3 is 1.60 bits per heavy atom. The molecule has 0 bridgehead atoms. The lowest BCUT2D eigenvalue weighted by atomic mass is 10.0. The van der Waals surface area contributed by atoms with Crippen molar-refractivity contribution >= 4 is 0 Å². The van der Waals surface area contributed by atoms with Crippen molar-refractivity contribution in [1.29, 1.82) is 0 Å². The molecule has 0 amide bonds. The van der Waals surface area contributed by atoms with Gasteiger partial charge in [-0.05, 0) is 12.8 Å². The van der Waals surface area contributed by atoms with Crippen LogP contribution in [0.1, 0.15) is 97.3 Å². The van der Waals surface area contributed by atoms with Crippen molar-refractivity contribution in [1.82, 2.24) is 0 Å². The number of hydrogen-bond donors (Lipinski definition) is 0. The summed E-state index contributed by atoms with van der Waals surface area (Å²) in [5.74, 6) is -0.325. The van der Waals surface area contributed by atoms with Crippen LogP contribution in [0.3, 0.4) is 0 Å². The highest BCUT2D eigenvalue weighted by Crippen LogP contribution is 2.31. The molecule has 0 aliphatic carbocycles. The van der Waals surface area contributed by atoms with E-state index in [0.717, 1.165) is 19.3 Å². The Balaban J connectivity index is 1.91. The average Bonchev–Trinajstić information content (AvgIpc) is 2.90. The van der Waals surface area contributed by atoms with E-state index in [0.29, 0.717) is 0 Å². The minimum absolute atomic E-state index is 0.325. The third-order valence-corrected chi connectivity index (χ3v) is 4.16. The summed E-state index contributed by atoms with van der Waals surface area (Å²) in [4.78, 5) is 0. The summed E-state index contributed by atoms with van der Waals surface area (Å²) < 4.78 is 11.3. The zero-order valence-corrected chi connectivity index (χ0v) is 13.7. The Hall–Kier alpha value is -0.660. The minimum atomic E-state index is -0.325.